The monoisotopic (exact) mass is 275 g/mol. The highest BCUT2D eigenvalue weighted by Crippen LogP contribution is 2.15. The Bertz CT molecular complexity index is 646. The summed E-state index contributed by atoms with van der Waals surface area (Å²) in [6.45, 7) is 0.276. The Morgan fingerprint density at radius 1 is 1.30 bits per heavy atom. The van der Waals surface area contributed by atoms with Crippen LogP contribution in [-0.4, -0.2) is 20.5 Å². The molecule has 1 aromatic carbocycles. The Balaban J connectivity index is 2.05. The molecule has 104 valence electrons. The molecule has 1 aromatic heterocycles. The lowest BCUT2D eigenvalue weighted by Crippen LogP contribution is -2.25. The minimum absolute atomic E-state index is 0.139. The number of nitrogens with zero attached hydrogens (tertiary/aromatic N) is 2. The molecule has 0 fully saturated rings. The van der Waals surface area contributed by atoms with Crippen LogP contribution in [0.2, 0.25) is 0 Å². The zero-order valence-corrected chi connectivity index (χ0v) is 10.7. The van der Waals surface area contributed by atoms with E-state index in [-0.39, 0.29) is 23.8 Å². The van der Waals surface area contributed by atoms with E-state index in [1.54, 1.807) is 12.1 Å². The minimum Gasteiger partial charge on any atom is -0.508 e. The molecule has 0 saturated carbocycles. The van der Waals surface area contributed by atoms with E-state index in [1.807, 2.05) is 0 Å². The fourth-order valence-corrected chi connectivity index (χ4v) is 1.80. The average Bonchev–Trinajstić information content (AvgIpc) is 2.80. The third-order valence-corrected chi connectivity index (χ3v) is 2.90. The lowest BCUT2D eigenvalue weighted by atomic mass is 10.2. The second-order valence-electron chi connectivity index (χ2n) is 4.24. The van der Waals surface area contributed by atoms with Crippen molar-refractivity contribution in [1.29, 1.82) is 0 Å². The molecule has 7 nitrogen and oxygen atoms in total. The number of amides is 1. The summed E-state index contributed by atoms with van der Waals surface area (Å²) < 4.78 is 1.23. The number of carbonyl (C=O) groups is 1. The molecule has 0 aliphatic heterocycles. The number of carbonyl (C=O) groups excluding carboxylic acids is 1. The zero-order chi connectivity index (χ0) is 14.7. The van der Waals surface area contributed by atoms with E-state index in [9.17, 15) is 14.9 Å². The molecule has 0 aliphatic rings. The van der Waals surface area contributed by atoms with E-state index >= 15 is 0 Å². The van der Waals surface area contributed by atoms with E-state index in [1.165, 1.54) is 35.9 Å². The Hall–Kier alpha value is -2.83. The average molecular weight is 275 g/mol. The van der Waals surface area contributed by atoms with Gasteiger partial charge in [0.05, 0.1) is 7.05 Å². The maximum atomic E-state index is 11.9. The van der Waals surface area contributed by atoms with Crippen LogP contribution >= 0.6 is 0 Å². The number of benzene rings is 1. The van der Waals surface area contributed by atoms with Crippen LogP contribution in [0.1, 0.15) is 16.1 Å². The van der Waals surface area contributed by atoms with Crippen molar-refractivity contribution in [3.8, 4) is 5.75 Å². The van der Waals surface area contributed by atoms with Gasteiger partial charge in [0.1, 0.15) is 5.75 Å². The first-order valence-electron chi connectivity index (χ1n) is 5.85. The van der Waals surface area contributed by atoms with Crippen molar-refractivity contribution in [2.75, 3.05) is 0 Å². The van der Waals surface area contributed by atoms with Crippen molar-refractivity contribution in [3.05, 3.63) is 57.8 Å². The number of nitro groups is 1. The first-order chi connectivity index (χ1) is 9.49. The van der Waals surface area contributed by atoms with Crippen LogP contribution in [0.15, 0.2) is 36.4 Å². The highest BCUT2D eigenvalue weighted by Gasteiger charge is 2.20. The van der Waals surface area contributed by atoms with Crippen LogP contribution in [-0.2, 0) is 13.6 Å². The molecule has 0 aliphatic carbocycles. The number of hydrogen-bond donors (Lipinski definition) is 2. The lowest BCUT2D eigenvalue weighted by Gasteiger charge is -2.04. The molecule has 2 N–H and O–H groups in total. The Morgan fingerprint density at radius 3 is 2.50 bits per heavy atom. The van der Waals surface area contributed by atoms with Gasteiger partial charge in [0, 0.05) is 12.6 Å². The van der Waals surface area contributed by atoms with Crippen molar-refractivity contribution >= 4 is 11.7 Å². The Morgan fingerprint density at radius 2 is 1.95 bits per heavy atom. The standard InChI is InChI=1S/C13H13N3O4/c1-15-11(6-7-12(15)16(19)20)13(18)14-8-9-2-4-10(17)5-3-9/h2-7,17H,8H2,1H3,(H,14,18). The molecule has 20 heavy (non-hydrogen) atoms. The second-order valence-corrected chi connectivity index (χ2v) is 4.24. The summed E-state index contributed by atoms with van der Waals surface area (Å²) in [6, 6.07) is 9.11. The fourth-order valence-electron chi connectivity index (χ4n) is 1.80. The summed E-state index contributed by atoms with van der Waals surface area (Å²) in [5.41, 5.74) is 1.04. The van der Waals surface area contributed by atoms with Crippen molar-refractivity contribution in [3.63, 3.8) is 0 Å². The molecular weight excluding hydrogens is 262 g/mol. The molecule has 0 saturated heterocycles. The third kappa shape index (κ3) is 2.77. The van der Waals surface area contributed by atoms with Crippen molar-refractivity contribution < 1.29 is 14.8 Å². The highest BCUT2D eigenvalue weighted by molar-refractivity contribution is 5.93. The lowest BCUT2D eigenvalue weighted by molar-refractivity contribution is -0.391. The van der Waals surface area contributed by atoms with Gasteiger partial charge in [-0.2, -0.15) is 0 Å². The normalized spacial score (nSPS) is 10.2. The first-order valence-corrected chi connectivity index (χ1v) is 5.85. The van der Waals surface area contributed by atoms with E-state index in [2.05, 4.69) is 5.32 Å². The quantitative estimate of drug-likeness (QED) is 0.653. The van der Waals surface area contributed by atoms with E-state index in [0.717, 1.165) is 5.56 Å². The van der Waals surface area contributed by atoms with E-state index < -0.39 is 10.8 Å². The van der Waals surface area contributed by atoms with Gasteiger partial charge in [-0.25, -0.2) is 4.57 Å². The van der Waals surface area contributed by atoms with Gasteiger partial charge in [-0.15, -0.1) is 0 Å². The molecule has 7 heteroatoms. The zero-order valence-electron chi connectivity index (χ0n) is 10.7. The maximum absolute atomic E-state index is 11.9. The molecule has 0 atom stereocenters. The maximum Gasteiger partial charge on any atom is 0.323 e. The van der Waals surface area contributed by atoms with Crippen molar-refractivity contribution in [2.45, 2.75) is 6.54 Å². The third-order valence-electron chi connectivity index (χ3n) is 2.90. The van der Waals surface area contributed by atoms with Crippen LogP contribution in [0.5, 0.6) is 5.75 Å². The number of phenols is 1. The molecule has 2 rings (SSSR count). The molecule has 0 spiro atoms. The van der Waals surface area contributed by atoms with Crippen LogP contribution < -0.4 is 5.32 Å². The molecule has 1 amide bonds. The predicted octanol–water partition coefficient (Wildman–Crippen LogP) is 1.57. The Kier molecular flexibility index (Phi) is 3.69. The van der Waals surface area contributed by atoms with Crippen LogP contribution in [0, 0.1) is 10.1 Å². The van der Waals surface area contributed by atoms with Crippen LogP contribution in [0.4, 0.5) is 5.82 Å². The number of nitrogens with one attached hydrogen (secondary N) is 1. The summed E-state index contributed by atoms with van der Waals surface area (Å²) in [6.07, 6.45) is 0. The number of rotatable bonds is 4. The summed E-state index contributed by atoms with van der Waals surface area (Å²) in [5, 5.41) is 22.5. The van der Waals surface area contributed by atoms with Gasteiger partial charge in [0.2, 0.25) is 0 Å². The fraction of sp³-hybridized carbons (Fsp3) is 0.154. The topological polar surface area (TPSA) is 97.4 Å². The van der Waals surface area contributed by atoms with Gasteiger partial charge >= 0.3 is 5.82 Å². The van der Waals surface area contributed by atoms with Gasteiger partial charge in [-0.1, -0.05) is 12.1 Å². The van der Waals surface area contributed by atoms with Gasteiger partial charge in [0.25, 0.3) is 5.91 Å². The van der Waals surface area contributed by atoms with Gasteiger partial charge in [0.15, 0.2) is 5.69 Å². The summed E-state index contributed by atoms with van der Waals surface area (Å²) in [7, 11) is 1.47. The number of hydrogen-bond acceptors (Lipinski definition) is 4. The SMILES string of the molecule is Cn1c(C(=O)NCc2ccc(O)cc2)ccc1[N+](=O)[O-]. The van der Waals surface area contributed by atoms with Crippen molar-refractivity contribution in [1.82, 2.24) is 9.88 Å². The number of aromatic hydroxyl groups is 1. The molecule has 1 heterocycles. The predicted molar refractivity (Wildman–Crippen MR) is 71.3 cm³/mol. The van der Waals surface area contributed by atoms with E-state index in [0.29, 0.717) is 0 Å². The smallest absolute Gasteiger partial charge is 0.323 e. The summed E-state index contributed by atoms with van der Waals surface area (Å²) >= 11 is 0. The van der Waals surface area contributed by atoms with E-state index in [4.69, 9.17) is 5.11 Å². The highest BCUT2D eigenvalue weighted by atomic mass is 16.6. The minimum atomic E-state index is -0.545. The molecule has 2 aromatic rings. The van der Waals surface area contributed by atoms with Crippen LogP contribution in [0.25, 0.3) is 0 Å². The number of aromatic nitrogens is 1. The molecule has 0 unspecified atom stereocenters. The molecule has 0 bridgehead atoms. The Labute approximate surface area is 114 Å². The largest absolute Gasteiger partial charge is 0.508 e. The van der Waals surface area contributed by atoms with Crippen LogP contribution in [0.3, 0.4) is 0 Å². The summed E-state index contributed by atoms with van der Waals surface area (Å²) in [4.78, 5) is 22.1. The van der Waals surface area contributed by atoms with Gasteiger partial charge in [-0.3, -0.25) is 4.79 Å². The summed E-state index contributed by atoms with van der Waals surface area (Å²) in [5.74, 6) is -0.383. The number of phenolic OH excluding ortho intramolecular Hbond substituents is 1. The van der Waals surface area contributed by atoms with Gasteiger partial charge < -0.3 is 20.5 Å². The van der Waals surface area contributed by atoms with Crippen molar-refractivity contribution in [2.24, 2.45) is 7.05 Å². The van der Waals surface area contributed by atoms with Gasteiger partial charge in [-0.05, 0) is 28.7 Å². The first kappa shape index (κ1) is 13.6. The second kappa shape index (κ2) is 5.43. The molecular formula is C13H13N3O4. The molecule has 0 radical (unpaired) electrons.